The number of nitrogens with one attached hydrogen (secondary N) is 1. The van der Waals surface area contributed by atoms with Crippen LogP contribution in [0.5, 0.6) is 5.75 Å². The largest absolute Gasteiger partial charge is 0.488 e. The van der Waals surface area contributed by atoms with Crippen LogP contribution in [0.1, 0.15) is 22.3 Å². The van der Waals surface area contributed by atoms with Gasteiger partial charge >= 0.3 is 0 Å². The van der Waals surface area contributed by atoms with Gasteiger partial charge in [-0.25, -0.2) is 0 Å². The molecule has 0 saturated heterocycles. The molecule has 0 aliphatic heterocycles. The maximum absolute atomic E-state index is 12.6. The summed E-state index contributed by atoms with van der Waals surface area (Å²) in [6.07, 6.45) is 1.58. The average molecular weight is 587 g/mol. The van der Waals surface area contributed by atoms with Gasteiger partial charge in [-0.15, -0.1) is 0 Å². The number of carbonyl (C=O) groups excluding carboxylic acids is 1. The molecule has 0 fully saturated rings. The second kappa shape index (κ2) is 10.6. The smallest absolute Gasteiger partial charge is 0.266 e. The highest BCUT2D eigenvalue weighted by molar-refractivity contribution is 14.1. The summed E-state index contributed by atoms with van der Waals surface area (Å²) in [4.78, 5) is 12.6. The van der Waals surface area contributed by atoms with Crippen molar-refractivity contribution in [2.45, 2.75) is 20.5 Å². The van der Waals surface area contributed by atoms with Crippen LogP contribution in [-0.2, 0) is 11.4 Å². The van der Waals surface area contributed by atoms with Crippen LogP contribution in [0.15, 0.2) is 70.7 Å². The lowest BCUT2D eigenvalue weighted by atomic mass is 10.1. The van der Waals surface area contributed by atoms with Crippen molar-refractivity contribution in [3.05, 3.63) is 96.5 Å². The number of benzene rings is 3. The molecule has 1 N–H and O–H groups in total. The summed E-state index contributed by atoms with van der Waals surface area (Å²) in [6, 6.07) is 21.3. The molecule has 0 aliphatic rings. The first kappa shape index (κ1) is 23.0. The molecule has 0 radical (unpaired) electrons. The third-order valence-electron chi connectivity index (χ3n) is 4.57. The zero-order valence-electron chi connectivity index (χ0n) is 17.1. The summed E-state index contributed by atoms with van der Waals surface area (Å²) in [5.74, 6) is 0.318. The number of rotatable bonds is 6. The standard InChI is InChI=1S/C25H20BrIN2O2/c1-16-3-9-23(17(2)11-16)29-25(30)20(14-28)12-19-6-10-24(22(27)13-19)31-15-18-4-7-21(26)8-5-18/h3-13H,15H2,1-2H3,(H,29,30)/b20-12+. The minimum atomic E-state index is -0.431. The van der Waals surface area contributed by atoms with Gasteiger partial charge in [0.25, 0.3) is 5.91 Å². The minimum Gasteiger partial charge on any atom is -0.488 e. The molecule has 0 atom stereocenters. The van der Waals surface area contributed by atoms with Gasteiger partial charge in [0.2, 0.25) is 0 Å². The number of anilines is 1. The zero-order valence-corrected chi connectivity index (χ0v) is 20.8. The van der Waals surface area contributed by atoms with E-state index in [0.29, 0.717) is 12.3 Å². The van der Waals surface area contributed by atoms with Crippen LogP contribution < -0.4 is 10.1 Å². The van der Waals surface area contributed by atoms with Crippen molar-refractivity contribution >= 4 is 56.2 Å². The van der Waals surface area contributed by atoms with Crippen LogP contribution >= 0.6 is 38.5 Å². The van der Waals surface area contributed by atoms with Gasteiger partial charge in [0.15, 0.2) is 0 Å². The first-order chi connectivity index (χ1) is 14.9. The second-order valence-corrected chi connectivity index (χ2v) is 9.13. The molecule has 31 heavy (non-hydrogen) atoms. The Kier molecular flexibility index (Phi) is 7.88. The number of amides is 1. The van der Waals surface area contributed by atoms with E-state index in [9.17, 15) is 10.1 Å². The number of hydrogen-bond donors (Lipinski definition) is 1. The Morgan fingerprint density at radius 2 is 1.87 bits per heavy atom. The lowest BCUT2D eigenvalue weighted by molar-refractivity contribution is -0.112. The Hall–Kier alpha value is -2.63. The molecule has 156 valence electrons. The van der Waals surface area contributed by atoms with Gasteiger partial charge in [0, 0.05) is 10.2 Å². The Bertz CT molecular complexity index is 1180. The fourth-order valence-electron chi connectivity index (χ4n) is 2.92. The number of nitriles is 1. The summed E-state index contributed by atoms with van der Waals surface area (Å²) in [5, 5.41) is 12.3. The van der Waals surface area contributed by atoms with E-state index in [1.165, 1.54) is 0 Å². The third-order valence-corrected chi connectivity index (χ3v) is 5.94. The van der Waals surface area contributed by atoms with Crippen molar-refractivity contribution in [3.8, 4) is 11.8 Å². The number of hydrogen-bond acceptors (Lipinski definition) is 3. The van der Waals surface area contributed by atoms with Gasteiger partial charge in [-0.1, -0.05) is 51.8 Å². The van der Waals surface area contributed by atoms with Crippen molar-refractivity contribution in [2.75, 3.05) is 5.32 Å². The summed E-state index contributed by atoms with van der Waals surface area (Å²) in [6.45, 7) is 4.38. The third kappa shape index (κ3) is 6.42. The molecular formula is C25H20BrIN2O2. The molecule has 3 rings (SSSR count). The van der Waals surface area contributed by atoms with Gasteiger partial charge in [0.1, 0.15) is 24.0 Å². The first-order valence-corrected chi connectivity index (χ1v) is 11.4. The predicted octanol–water partition coefficient (Wildman–Crippen LogP) is 6.80. The summed E-state index contributed by atoms with van der Waals surface area (Å²) >= 11 is 5.61. The van der Waals surface area contributed by atoms with Crippen molar-refractivity contribution in [3.63, 3.8) is 0 Å². The van der Waals surface area contributed by atoms with Crippen molar-refractivity contribution in [1.29, 1.82) is 5.26 Å². The van der Waals surface area contributed by atoms with E-state index in [2.05, 4.69) is 43.8 Å². The maximum atomic E-state index is 12.6. The van der Waals surface area contributed by atoms with Crippen LogP contribution in [0.25, 0.3) is 6.08 Å². The number of nitrogens with zero attached hydrogens (tertiary/aromatic N) is 1. The van der Waals surface area contributed by atoms with E-state index in [-0.39, 0.29) is 5.57 Å². The highest BCUT2D eigenvalue weighted by Gasteiger charge is 2.12. The molecule has 0 heterocycles. The van der Waals surface area contributed by atoms with Crippen LogP contribution in [0, 0.1) is 28.7 Å². The van der Waals surface area contributed by atoms with Crippen LogP contribution in [0.2, 0.25) is 0 Å². The summed E-state index contributed by atoms with van der Waals surface area (Å²) in [7, 11) is 0. The van der Waals surface area contributed by atoms with Gasteiger partial charge < -0.3 is 10.1 Å². The molecule has 0 saturated carbocycles. The Balaban J connectivity index is 1.71. The van der Waals surface area contributed by atoms with Crippen molar-refractivity contribution < 1.29 is 9.53 Å². The van der Waals surface area contributed by atoms with E-state index in [1.807, 2.05) is 80.6 Å². The topological polar surface area (TPSA) is 62.1 Å². The molecule has 6 heteroatoms. The SMILES string of the molecule is Cc1ccc(NC(=O)/C(C#N)=C/c2ccc(OCc3ccc(Br)cc3)c(I)c2)c(C)c1. The second-order valence-electron chi connectivity index (χ2n) is 7.05. The van der Waals surface area contributed by atoms with Gasteiger partial charge in [-0.05, 0) is 89.5 Å². The molecule has 0 unspecified atom stereocenters. The average Bonchev–Trinajstić information content (AvgIpc) is 2.74. The number of aryl methyl sites for hydroxylation is 2. The zero-order chi connectivity index (χ0) is 22.4. The summed E-state index contributed by atoms with van der Waals surface area (Å²) < 4.78 is 7.83. The molecular weight excluding hydrogens is 567 g/mol. The molecule has 0 aromatic heterocycles. The lowest BCUT2D eigenvalue weighted by Gasteiger charge is -2.10. The van der Waals surface area contributed by atoms with Crippen molar-refractivity contribution in [1.82, 2.24) is 0 Å². The van der Waals surface area contributed by atoms with Crippen LogP contribution in [0.4, 0.5) is 5.69 Å². The van der Waals surface area contributed by atoms with E-state index >= 15 is 0 Å². The number of ether oxygens (including phenoxy) is 1. The van der Waals surface area contributed by atoms with E-state index in [1.54, 1.807) is 6.08 Å². The Morgan fingerprint density at radius 1 is 1.13 bits per heavy atom. The monoisotopic (exact) mass is 586 g/mol. The van der Waals surface area contributed by atoms with E-state index in [0.717, 1.165) is 36.0 Å². The molecule has 0 aliphatic carbocycles. The summed E-state index contributed by atoms with van der Waals surface area (Å²) in [5.41, 5.74) is 4.63. The van der Waals surface area contributed by atoms with Gasteiger partial charge in [0.05, 0.1) is 3.57 Å². The first-order valence-electron chi connectivity index (χ1n) is 9.53. The molecule has 4 nitrogen and oxygen atoms in total. The number of carbonyl (C=O) groups is 1. The normalized spacial score (nSPS) is 11.0. The quantitative estimate of drug-likeness (QED) is 0.196. The molecule has 3 aromatic rings. The molecule has 0 spiro atoms. The Labute approximate surface area is 204 Å². The number of halogens is 2. The highest BCUT2D eigenvalue weighted by Crippen LogP contribution is 2.25. The molecule has 1 amide bonds. The Morgan fingerprint density at radius 3 is 2.52 bits per heavy atom. The van der Waals surface area contributed by atoms with Crippen LogP contribution in [-0.4, -0.2) is 5.91 Å². The lowest BCUT2D eigenvalue weighted by Crippen LogP contribution is -2.14. The molecule has 3 aromatic carbocycles. The fourth-order valence-corrected chi connectivity index (χ4v) is 3.88. The predicted molar refractivity (Wildman–Crippen MR) is 136 cm³/mol. The van der Waals surface area contributed by atoms with Gasteiger partial charge in [-0.2, -0.15) is 5.26 Å². The van der Waals surface area contributed by atoms with E-state index < -0.39 is 5.91 Å². The molecule has 0 bridgehead atoms. The highest BCUT2D eigenvalue weighted by atomic mass is 127. The van der Waals surface area contributed by atoms with Gasteiger partial charge in [-0.3, -0.25) is 4.79 Å². The minimum absolute atomic E-state index is 0.0410. The van der Waals surface area contributed by atoms with Crippen LogP contribution in [0.3, 0.4) is 0 Å². The fraction of sp³-hybridized carbons (Fsp3) is 0.120. The van der Waals surface area contributed by atoms with E-state index in [4.69, 9.17) is 4.74 Å². The van der Waals surface area contributed by atoms with Crippen molar-refractivity contribution in [2.24, 2.45) is 0 Å². The maximum Gasteiger partial charge on any atom is 0.266 e.